The predicted molar refractivity (Wildman–Crippen MR) is 84.4 cm³/mol. The van der Waals surface area contributed by atoms with Crippen LogP contribution in [-0.4, -0.2) is 26.4 Å². The van der Waals surface area contributed by atoms with Gasteiger partial charge in [-0.15, -0.1) is 10.2 Å². The molecular weight excluding hydrogens is 262 g/mol. The third kappa shape index (κ3) is 2.10. The summed E-state index contributed by atoms with van der Waals surface area (Å²) < 4.78 is 1.76. The van der Waals surface area contributed by atoms with E-state index in [0.29, 0.717) is 22.7 Å². The van der Waals surface area contributed by atoms with Crippen molar-refractivity contribution in [2.75, 3.05) is 11.9 Å². The molecule has 2 heterocycles. The van der Waals surface area contributed by atoms with Crippen LogP contribution in [0.3, 0.4) is 0 Å². The summed E-state index contributed by atoms with van der Waals surface area (Å²) in [6, 6.07) is 2.11. The average molecular weight is 287 g/mol. The van der Waals surface area contributed by atoms with Gasteiger partial charge in [-0.3, -0.25) is 0 Å². The number of fused-ring (bicyclic) bond motifs is 1. The molecule has 1 aliphatic rings. The second kappa shape index (κ2) is 4.42. The van der Waals surface area contributed by atoms with Gasteiger partial charge in [-0.2, -0.15) is 9.61 Å². The van der Waals surface area contributed by atoms with Crippen LogP contribution in [0, 0.1) is 16.7 Å². The maximum Gasteiger partial charge on any atom is 0.200 e. The van der Waals surface area contributed by atoms with Gasteiger partial charge >= 0.3 is 0 Å². The van der Waals surface area contributed by atoms with Crippen LogP contribution >= 0.6 is 0 Å². The van der Waals surface area contributed by atoms with Crippen molar-refractivity contribution in [3.8, 4) is 0 Å². The van der Waals surface area contributed by atoms with Crippen LogP contribution < -0.4 is 5.32 Å². The zero-order valence-electron chi connectivity index (χ0n) is 13.8. The van der Waals surface area contributed by atoms with Crippen molar-refractivity contribution >= 4 is 11.3 Å². The van der Waals surface area contributed by atoms with Crippen LogP contribution in [0.2, 0.25) is 0 Å². The smallest absolute Gasteiger partial charge is 0.200 e. The molecule has 0 unspecified atom stereocenters. The summed E-state index contributed by atoms with van der Waals surface area (Å²) in [4.78, 5) is 0. The first-order valence-corrected chi connectivity index (χ1v) is 7.70. The van der Waals surface area contributed by atoms with Gasteiger partial charge in [0.25, 0.3) is 0 Å². The molecule has 0 radical (unpaired) electrons. The first-order valence-electron chi connectivity index (χ1n) is 7.70. The topological polar surface area (TPSA) is 55.1 Å². The maximum atomic E-state index is 4.55. The minimum absolute atomic E-state index is 0.381. The number of hydrogen-bond acceptors (Lipinski definition) is 4. The SMILES string of the molecule is CC(C)c1cc(NCC2C(C)(C)C2(C)C)c2nncn2n1. The number of nitrogens with zero attached hydrogens (tertiary/aromatic N) is 4. The van der Waals surface area contributed by atoms with Crippen molar-refractivity contribution < 1.29 is 0 Å². The van der Waals surface area contributed by atoms with Gasteiger partial charge in [-0.05, 0) is 28.7 Å². The quantitative estimate of drug-likeness (QED) is 0.937. The molecule has 5 nitrogen and oxygen atoms in total. The maximum absolute atomic E-state index is 4.55. The highest BCUT2D eigenvalue weighted by molar-refractivity contribution is 5.66. The first-order chi connectivity index (χ1) is 9.75. The highest BCUT2D eigenvalue weighted by atomic mass is 15.3. The lowest BCUT2D eigenvalue weighted by Gasteiger charge is -2.11. The molecule has 0 spiro atoms. The lowest BCUT2D eigenvalue weighted by atomic mass is 10.0. The third-order valence-corrected chi connectivity index (χ3v) is 5.69. The molecule has 114 valence electrons. The van der Waals surface area contributed by atoms with Gasteiger partial charge < -0.3 is 5.32 Å². The molecule has 21 heavy (non-hydrogen) atoms. The van der Waals surface area contributed by atoms with Crippen LogP contribution in [0.25, 0.3) is 5.65 Å². The minimum Gasteiger partial charge on any atom is -0.382 e. The van der Waals surface area contributed by atoms with Crippen molar-refractivity contribution in [2.45, 2.75) is 47.5 Å². The van der Waals surface area contributed by atoms with Gasteiger partial charge in [-0.1, -0.05) is 41.5 Å². The first kappa shape index (κ1) is 14.3. The van der Waals surface area contributed by atoms with Crippen LogP contribution in [0.4, 0.5) is 5.69 Å². The van der Waals surface area contributed by atoms with Gasteiger partial charge in [0.1, 0.15) is 6.33 Å². The highest BCUT2D eigenvalue weighted by Crippen LogP contribution is 2.68. The largest absolute Gasteiger partial charge is 0.382 e. The zero-order chi connectivity index (χ0) is 15.4. The van der Waals surface area contributed by atoms with E-state index >= 15 is 0 Å². The van der Waals surface area contributed by atoms with E-state index in [1.807, 2.05) is 0 Å². The van der Waals surface area contributed by atoms with Crippen LogP contribution in [-0.2, 0) is 0 Å². The molecule has 3 rings (SSSR count). The normalized spacial score (nSPS) is 20.1. The van der Waals surface area contributed by atoms with E-state index in [-0.39, 0.29) is 0 Å². The molecule has 1 N–H and O–H groups in total. The fraction of sp³-hybridized carbons (Fsp3) is 0.688. The van der Waals surface area contributed by atoms with E-state index in [1.54, 1.807) is 10.8 Å². The Morgan fingerprint density at radius 1 is 1.24 bits per heavy atom. The van der Waals surface area contributed by atoms with Crippen LogP contribution in [0.5, 0.6) is 0 Å². The van der Waals surface area contributed by atoms with Crippen molar-refractivity contribution in [3.63, 3.8) is 0 Å². The Bertz CT molecular complexity index is 654. The average Bonchev–Trinajstić information content (AvgIpc) is 2.75. The van der Waals surface area contributed by atoms with Crippen molar-refractivity contribution in [3.05, 3.63) is 18.1 Å². The van der Waals surface area contributed by atoms with E-state index in [0.717, 1.165) is 23.6 Å². The summed E-state index contributed by atoms with van der Waals surface area (Å²) in [6.45, 7) is 14.6. The van der Waals surface area contributed by atoms with Gasteiger partial charge in [0.15, 0.2) is 0 Å². The molecule has 1 saturated carbocycles. The Morgan fingerprint density at radius 2 is 1.90 bits per heavy atom. The number of hydrogen-bond donors (Lipinski definition) is 1. The Labute approximate surface area is 126 Å². The van der Waals surface area contributed by atoms with Gasteiger partial charge in [-0.25, -0.2) is 0 Å². The van der Waals surface area contributed by atoms with Gasteiger partial charge in [0, 0.05) is 6.54 Å². The van der Waals surface area contributed by atoms with E-state index in [2.05, 4.69) is 68.2 Å². The number of nitrogens with one attached hydrogen (secondary N) is 1. The fourth-order valence-electron chi connectivity index (χ4n) is 3.31. The standard InChI is InChI=1S/C16H25N5/c1-10(2)11-7-12(14-19-18-9-21(14)20-11)17-8-13-15(3,4)16(13,5)6/h7,9-10,13,17H,8H2,1-6H3. The van der Waals surface area contributed by atoms with Crippen molar-refractivity contribution in [1.29, 1.82) is 0 Å². The number of anilines is 1. The molecule has 0 aliphatic heterocycles. The third-order valence-electron chi connectivity index (χ3n) is 5.69. The molecule has 0 aromatic carbocycles. The Balaban J connectivity index is 1.85. The van der Waals surface area contributed by atoms with E-state index in [4.69, 9.17) is 0 Å². The highest BCUT2D eigenvalue weighted by Gasteiger charge is 2.64. The molecular formula is C16H25N5. The van der Waals surface area contributed by atoms with E-state index in [1.165, 1.54) is 0 Å². The summed E-state index contributed by atoms with van der Waals surface area (Å²) in [5.41, 5.74) is 3.66. The summed E-state index contributed by atoms with van der Waals surface area (Å²) in [7, 11) is 0. The zero-order valence-corrected chi connectivity index (χ0v) is 13.8. The summed E-state index contributed by atoms with van der Waals surface area (Å²) in [5, 5.41) is 16.3. The molecule has 2 aromatic heterocycles. The van der Waals surface area contributed by atoms with E-state index in [9.17, 15) is 0 Å². The van der Waals surface area contributed by atoms with Crippen molar-refractivity contribution in [2.24, 2.45) is 16.7 Å². The Hall–Kier alpha value is -1.65. The number of aromatic nitrogens is 4. The summed E-state index contributed by atoms with van der Waals surface area (Å²) >= 11 is 0. The monoisotopic (exact) mass is 287 g/mol. The molecule has 0 amide bonds. The molecule has 5 heteroatoms. The lowest BCUT2D eigenvalue weighted by Crippen LogP contribution is -2.11. The minimum atomic E-state index is 0.381. The fourth-order valence-corrected chi connectivity index (χ4v) is 3.31. The Morgan fingerprint density at radius 3 is 2.48 bits per heavy atom. The molecule has 0 atom stereocenters. The summed E-state index contributed by atoms with van der Waals surface area (Å²) in [5.74, 6) is 1.05. The summed E-state index contributed by atoms with van der Waals surface area (Å²) in [6.07, 6.45) is 1.66. The second-order valence-corrected chi connectivity index (χ2v) is 7.61. The molecule has 1 aliphatic carbocycles. The van der Waals surface area contributed by atoms with E-state index < -0.39 is 0 Å². The molecule has 0 bridgehead atoms. The molecule has 0 saturated heterocycles. The van der Waals surface area contributed by atoms with Gasteiger partial charge in [0.05, 0.1) is 11.4 Å². The van der Waals surface area contributed by atoms with Crippen LogP contribution in [0.1, 0.15) is 53.2 Å². The predicted octanol–water partition coefficient (Wildman–Crippen LogP) is 3.34. The Kier molecular flexibility index (Phi) is 3.01. The van der Waals surface area contributed by atoms with Gasteiger partial charge in [0.2, 0.25) is 5.65 Å². The lowest BCUT2D eigenvalue weighted by molar-refractivity contribution is 0.457. The van der Waals surface area contributed by atoms with Crippen molar-refractivity contribution in [1.82, 2.24) is 19.8 Å². The second-order valence-electron chi connectivity index (χ2n) is 7.61. The van der Waals surface area contributed by atoms with Crippen LogP contribution in [0.15, 0.2) is 12.4 Å². The molecule has 1 fully saturated rings. The number of rotatable bonds is 4. The molecule has 2 aromatic rings.